The van der Waals surface area contributed by atoms with Crippen molar-refractivity contribution in [2.75, 3.05) is 30.0 Å². The third-order valence-corrected chi connectivity index (χ3v) is 4.62. The summed E-state index contributed by atoms with van der Waals surface area (Å²) in [4.78, 5) is 24.7. The molecule has 2 amide bonds. The highest BCUT2D eigenvalue weighted by Gasteiger charge is 2.10. The van der Waals surface area contributed by atoms with Crippen LogP contribution >= 0.6 is 23.4 Å². The Bertz CT molecular complexity index is 851. The number of carbonyl (C=O) groups excluding carboxylic acids is 2. The Kier molecular flexibility index (Phi) is 7.33. The molecule has 6 nitrogen and oxygen atoms in total. The standard InChI is InChI=1S/C18H17ClN4O2S/c1-21-18(25)12-6-7-13(19)15(10-12)22-11-17(24)23-14-4-2-3-5-16(14)26-9-8-20/h2-7,10,22H,9,11H2,1H3,(H,21,25)(H,23,24). The highest BCUT2D eigenvalue weighted by Crippen LogP contribution is 2.27. The summed E-state index contributed by atoms with van der Waals surface area (Å²) in [5, 5.41) is 17.4. The molecule has 2 aromatic carbocycles. The second-order valence-electron chi connectivity index (χ2n) is 5.12. The van der Waals surface area contributed by atoms with Crippen LogP contribution in [0.1, 0.15) is 10.4 Å². The van der Waals surface area contributed by atoms with Crippen molar-refractivity contribution >= 4 is 46.6 Å². The van der Waals surface area contributed by atoms with Gasteiger partial charge in [-0.25, -0.2) is 0 Å². The summed E-state index contributed by atoms with van der Waals surface area (Å²) in [7, 11) is 1.54. The van der Waals surface area contributed by atoms with Gasteiger partial charge in [0.05, 0.1) is 34.8 Å². The second-order valence-corrected chi connectivity index (χ2v) is 6.54. The number of nitriles is 1. The Labute approximate surface area is 160 Å². The minimum Gasteiger partial charge on any atom is -0.375 e. The van der Waals surface area contributed by atoms with E-state index in [1.54, 1.807) is 31.3 Å². The zero-order valence-electron chi connectivity index (χ0n) is 14.0. The molecule has 8 heteroatoms. The Hall–Kier alpha value is -2.69. The van der Waals surface area contributed by atoms with Crippen molar-refractivity contribution in [1.82, 2.24) is 5.32 Å². The monoisotopic (exact) mass is 388 g/mol. The van der Waals surface area contributed by atoms with Crippen molar-refractivity contribution in [3.8, 4) is 6.07 Å². The fourth-order valence-corrected chi connectivity index (χ4v) is 2.98. The highest BCUT2D eigenvalue weighted by atomic mass is 35.5. The van der Waals surface area contributed by atoms with E-state index in [1.165, 1.54) is 11.8 Å². The Morgan fingerprint density at radius 2 is 1.96 bits per heavy atom. The van der Waals surface area contributed by atoms with Crippen LogP contribution in [0.15, 0.2) is 47.4 Å². The number of halogens is 1. The van der Waals surface area contributed by atoms with Gasteiger partial charge in [0.2, 0.25) is 5.91 Å². The summed E-state index contributed by atoms with van der Waals surface area (Å²) in [6.07, 6.45) is 0. The first-order chi connectivity index (χ1) is 12.5. The maximum Gasteiger partial charge on any atom is 0.251 e. The summed E-state index contributed by atoms with van der Waals surface area (Å²) in [6.45, 7) is -0.0197. The van der Waals surface area contributed by atoms with Gasteiger partial charge in [0.25, 0.3) is 5.91 Å². The molecule has 3 N–H and O–H groups in total. The molecule has 0 saturated heterocycles. The third-order valence-electron chi connectivity index (χ3n) is 3.35. The number of hydrogen-bond donors (Lipinski definition) is 3. The minimum atomic E-state index is -0.267. The van der Waals surface area contributed by atoms with Crippen LogP contribution in [-0.4, -0.2) is 31.2 Å². The number of hydrogen-bond acceptors (Lipinski definition) is 5. The summed E-state index contributed by atoms with van der Waals surface area (Å²) < 4.78 is 0. The van der Waals surface area contributed by atoms with Crippen LogP contribution in [-0.2, 0) is 4.79 Å². The van der Waals surface area contributed by atoms with E-state index in [0.29, 0.717) is 27.7 Å². The number of nitrogens with one attached hydrogen (secondary N) is 3. The molecule has 134 valence electrons. The molecule has 0 spiro atoms. The zero-order valence-corrected chi connectivity index (χ0v) is 15.6. The van der Waals surface area contributed by atoms with Crippen LogP contribution in [0, 0.1) is 11.3 Å². The van der Waals surface area contributed by atoms with E-state index in [2.05, 4.69) is 22.0 Å². The van der Waals surface area contributed by atoms with E-state index in [-0.39, 0.29) is 18.4 Å². The lowest BCUT2D eigenvalue weighted by Gasteiger charge is -2.12. The van der Waals surface area contributed by atoms with E-state index in [9.17, 15) is 9.59 Å². The third kappa shape index (κ3) is 5.41. The van der Waals surface area contributed by atoms with Gasteiger partial charge in [0.1, 0.15) is 0 Å². The number of benzene rings is 2. The molecule has 0 saturated carbocycles. The molecular weight excluding hydrogens is 372 g/mol. The Balaban J connectivity index is 2.02. The van der Waals surface area contributed by atoms with E-state index in [1.807, 2.05) is 18.2 Å². The van der Waals surface area contributed by atoms with E-state index in [4.69, 9.17) is 16.9 Å². The van der Waals surface area contributed by atoms with E-state index >= 15 is 0 Å². The largest absolute Gasteiger partial charge is 0.375 e. The van der Waals surface area contributed by atoms with Crippen LogP contribution in [0.5, 0.6) is 0 Å². The quantitative estimate of drug-likeness (QED) is 0.632. The van der Waals surface area contributed by atoms with Gasteiger partial charge >= 0.3 is 0 Å². The van der Waals surface area contributed by atoms with E-state index < -0.39 is 0 Å². The molecule has 26 heavy (non-hydrogen) atoms. The predicted molar refractivity (Wildman–Crippen MR) is 105 cm³/mol. The Morgan fingerprint density at radius 3 is 2.69 bits per heavy atom. The molecule has 2 aromatic rings. The van der Waals surface area contributed by atoms with Gasteiger partial charge in [-0.15, -0.1) is 11.8 Å². The van der Waals surface area contributed by atoms with Crippen LogP contribution in [0.2, 0.25) is 5.02 Å². The van der Waals surface area contributed by atoms with Crippen LogP contribution < -0.4 is 16.0 Å². The minimum absolute atomic E-state index is 0.0197. The van der Waals surface area contributed by atoms with Gasteiger partial charge < -0.3 is 16.0 Å². The first-order valence-electron chi connectivity index (χ1n) is 7.69. The lowest BCUT2D eigenvalue weighted by molar-refractivity contribution is -0.114. The lowest BCUT2D eigenvalue weighted by Crippen LogP contribution is -2.22. The smallest absolute Gasteiger partial charge is 0.251 e. The topological polar surface area (TPSA) is 94.0 Å². The zero-order chi connectivity index (χ0) is 18.9. The normalized spacial score (nSPS) is 9.88. The molecule has 0 bridgehead atoms. The van der Waals surface area contributed by atoms with Gasteiger partial charge in [-0.1, -0.05) is 23.7 Å². The molecule has 0 aliphatic rings. The van der Waals surface area contributed by atoms with Gasteiger partial charge in [-0.2, -0.15) is 5.26 Å². The number of amides is 2. The SMILES string of the molecule is CNC(=O)c1ccc(Cl)c(NCC(=O)Nc2ccccc2SCC#N)c1. The average Bonchev–Trinajstić information content (AvgIpc) is 2.66. The van der Waals surface area contributed by atoms with Crippen LogP contribution in [0.3, 0.4) is 0 Å². The predicted octanol–water partition coefficient (Wildman–Crippen LogP) is 3.37. The van der Waals surface area contributed by atoms with E-state index in [0.717, 1.165) is 4.90 Å². The number of rotatable bonds is 7. The molecular formula is C18H17ClN4O2S. The highest BCUT2D eigenvalue weighted by molar-refractivity contribution is 7.99. The summed E-state index contributed by atoms with van der Waals surface area (Å²) in [6, 6.07) is 14.1. The van der Waals surface area contributed by atoms with Gasteiger partial charge in [0.15, 0.2) is 0 Å². The molecule has 0 unspecified atom stereocenters. The number of anilines is 2. The van der Waals surface area contributed by atoms with Crippen molar-refractivity contribution in [3.05, 3.63) is 53.1 Å². The van der Waals surface area contributed by atoms with Crippen LogP contribution in [0.25, 0.3) is 0 Å². The molecule has 0 radical (unpaired) electrons. The first-order valence-corrected chi connectivity index (χ1v) is 9.05. The first kappa shape index (κ1) is 19.6. The summed E-state index contributed by atoms with van der Waals surface area (Å²) in [5.74, 6) is -0.207. The summed E-state index contributed by atoms with van der Waals surface area (Å²) in [5.41, 5.74) is 1.58. The Morgan fingerprint density at radius 1 is 1.19 bits per heavy atom. The number of para-hydroxylation sites is 1. The fourth-order valence-electron chi connectivity index (χ4n) is 2.12. The molecule has 0 aromatic heterocycles. The number of carbonyl (C=O) groups is 2. The fraction of sp³-hybridized carbons (Fsp3) is 0.167. The number of nitrogens with zero attached hydrogens (tertiary/aromatic N) is 1. The summed E-state index contributed by atoms with van der Waals surface area (Å²) >= 11 is 7.46. The molecule has 0 aliphatic carbocycles. The molecule has 0 heterocycles. The van der Waals surface area contributed by atoms with Crippen molar-refractivity contribution in [2.24, 2.45) is 0 Å². The van der Waals surface area contributed by atoms with Gasteiger partial charge in [-0.3, -0.25) is 9.59 Å². The molecule has 0 aliphatic heterocycles. The van der Waals surface area contributed by atoms with Crippen molar-refractivity contribution in [3.63, 3.8) is 0 Å². The number of thioether (sulfide) groups is 1. The van der Waals surface area contributed by atoms with Crippen LogP contribution in [0.4, 0.5) is 11.4 Å². The average molecular weight is 389 g/mol. The van der Waals surface area contributed by atoms with Gasteiger partial charge in [-0.05, 0) is 30.3 Å². The molecule has 0 fully saturated rings. The van der Waals surface area contributed by atoms with Gasteiger partial charge in [0, 0.05) is 17.5 Å². The molecule has 0 atom stereocenters. The second kappa shape index (κ2) is 9.70. The van der Waals surface area contributed by atoms with Crippen molar-refractivity contribution in [1.29, 1.82) is 5.26 Å². The maximum absolute atomic E-state index is 12.2. The lowest BCUT2D eigenvalue weighted by atomic mass is 10.2. The van der Waals surface area contributed by atoms with Crippen molar-refractivity contribution in [2.45, 2.75) is 4.90 Å². The maximum atomic E-state index is 12.2. The molecule has 2 rings (SSSR count). The van der Waals surface area contributed by atoms with Crippen molar-refractivity contribution < 1.29 is 9.59 Å².